The Morgan fingerprint density at radius 2 is 1.77 bits per heavy atom. The molecule has 22 heavy (non-hydrogen) atoms. The lowest BCUT2D eigenvalue weighted by Crippen LogP contribution is -2.48. The minimum absolute atomic E-state index is 0.0953. The number of hydrogen-bond acceptors (Lipinski definition) is 4. The SMILES string of the molecule is CCOc1ccc(C(=O)NC(CN)C(C)(C)C)cc1OCC. The summed E-state index contributed by atoms with van der Waals surface area (Å²) in [7, 11) is 0. The predicted molar refractivity (Wildman–Crippen MR) is 88.5 cm³/mol. The second kappa shape index (κ2) is 8.03. The summed E-state index contributed by atoms with van der Waals surface area (Å²) in [5, 5.41) is 2.98. The number of nitrogens with one attached hydrogen (secondary N) is 1. The van der Waals surface area contributed by atoms with E-state index >= 15 is 0 Å². The third kappa shape index (κ3) is 4.91. The minimum atomic E-state index is -0.158. The number of amides is 1. The number of benzene rings is 1. The van der Waals surface area contributed by atoms with E-state index in [9.17, 15) is 4.79 Å². The number of hydrogen-bond donors (Lipinski definition) is 2. The highest BCUT2D eigenvalue weighted by Crippen LogP contribution is 2.29. The number of carbonyl (C=O) groups is 1. The van der Waals surface area contributed by atoms with Crippen LogP contribution in [0.4, 0.5) is 0 Å². The number of carbonyl (C=O) groups excluding carboxylic acids is 1. The van der Waals surface area contributed by atoms with Gasteiger partial charge in [-0.3, -0.25) is 4.79 Å². The molecule has 124 valence electrons. The van der Waals surface area contributed by atoms with E-state index in [1.54, 1.807) is 18.2 Å². The molecule has 3 N–H and O–H groups in total. The maximum absolute atomic E-state index is 12.4. The molecule has 0 aliphatic heterocycles. The summed E-state index contributed by atoms with van der Waals surface area (Å²) in [6, 6.07) is 5.11. The fourth-order valence-corrected chi connectivity index (χ4v) is 2.06. The predicted octanol–water partition coefficient (Wildman–Crippen LogP) is 2.59. The summed E-state index contributed by atoms with van der Waals surface area (Å²) in [6.45, 7) is 11.4. The van der Waals surface area contributed by atoms with E-state index in [1.165, 1.54) is 0 Å². The highest BCUT2D eigenvalue weighted by atomic mass is 16.5. The minimum Gasteiger partial charge on any atom is -0.490 e. The van der Waals surface area contributed by atoms with Crippen LogP contribution in [0.2, 0.25) is 0 Å². The van der Waals surface area contributed by atoms with Gasteiger partial charge in [-0.05, 0) is 37.5 Å². The van der Waals surface area contributed by atoms with Crippen molar-refractivity contribution in [2.75, 3.05) is 19.8 Å². The largest absolute Gasteiger partial charge is 0.490 e. The molecule has 0 radical (unpaired) electrons. The first-order valence-electron chi connectivity index (χ1n) is 7.74. The molecule has 5 nitrogen and oxygen atoms in total. The molecule has 0 saturated heterocycles. The van der Waals surface area contributed by atoms with Crippen LogP contribution < -0.4 is 20.5 Å². The van der Waals surface area contributed by atoms with E-state index in [0.29, 0.717) is 36.8 Å². The van der Waals surface area contributed by atoms with Crippen LogP contribution in [-0.2, 0) is 0 Å². The number of ether oxygens (including phenoxy) is 2. The van der Waals surface area contributed by atoms with Crippen LogP contribution in [0.25, 0.3) is 0 Å². The summed E-state index contributed by atoms with van der Waals surface area (Å²) in [5.41, 5.74) is 6.21. The van der Waals surface area contributed by atoms with Crippen molar-refractivity contribution in [3.8, 4) is 11.5 Å². The Labute approximate surface area is 133 Å². The highest BCUT2D eigenvalue weighted by Gasteiger charge is 2.25. The average molecular weight is 308 g/mol. The van der Waals surface area contributed by atoms with Crippen molar-refractivity contribution < 1.29 is 14.3 Å². The molecule has 1 rings (SSSR count). The summed E-state index contributed by atoms with van der Waals surface area (Å²) in [6.07, 6.45) is 0. The molecule has 0 saturated carbocycles. The Kier molecular flexibility index (Phi) is 6.68. The highest BCUT2D eigenvalue weighted by molar-refractivity contribution is 5.95. The molecule has 0 aliphatic rings. The van der Waals surface area contributed by atoms with Crippen molar-refractivity contribution in [2.45, 2.75) is 40.7 Å². The molecule has 5 heteroatoms. The third-order valence-corrected chi connectivity index (χ3v) is 3.39. The Balaban J connectivity index is 2.96. The van der Waals surface area contributed by atoms with Crippen molar-refractivity contribution in [1.82, 2.24) is 5.32 Å². The zero-order valence-corrected chi connectivity index (χ0v) is 14.2. The van der Waals surface area contributed by atoms with Gasteiger partial charge in [-0.2, -0.15) is 0 Å². The number of nitrogens with two attached hydrogens (primary N) is 1. The maximum Gasteiger partial charge on any atom is 0.251 e. The monoisotopic (exact) mass is 308 g/mol. The van der Waals surface area contributed by atoms with Gasteiger partial charge in [-0.1, -0.05) is 20.8 Å². The standard InChI is InChI=1S/C17H28N2O3/c1-6-21-13-9-8-12(10-14(13)22-7-2)16(20)19-15(11-18)17(3,4)5/h8-10,15H,6-7,11,18H2,1-5H3,(H,19,20). The first kappa shape index (κ1) is 18.3. The molecule has 0 bridgehead atoms. The smallest absolute Gasteiger partial charge is 0.251 e. The van der Waals surface area contributed by atoms with Crippen LogP contribution in [0.15, 0.2) is 18.2 Å². The summed E-state index contributed by atoms with van der Waals surface area (Å²) in [4.78, 5) is 12.4. The van der Waals surface area contributed by atoms with E-state index in [-0.39, 0.29) is 17.4 Å². The van der Waals surface area contributed by atoms with Crippen LogP contribution in [-0.4, -0.2) is 31.7 Å². The first-order valence-corrected chi connectivity index (χ1v) is 7.74. The fourth-order valence-electron chi connectivity index (χ4n) is 2.06. The molecule has 1 atom stereocenters. The summed E-state index contributed by atoms with van der Waals surface area (Å²) in [5.74, 6) is 1.07. The molecule has 0 fully saturated rings. The second-order valence-electron chi connectivity index (χ2n) is 6.16. The van der Waals surface area contributed by atoms with Gasteiger partial charge in [0.05, 0.1) is 13.2 Å². The van der Waals surface area contributed by atoms with Crippen molar-refractivity contribution in [3.63, 3.8) is 0 Å². The van der Waals surface area contributed by atoms with E-state index in [2.05, 4.69) is 26.1 Å². The normalized spacial score (nSPS) is 12.6. The number of rotatable bonds is 7. The molecule has 1 unspecified atom stereocenters. The topological polar surface area (TPSA) is 73.6 Å². The van der Waals surface area contributed by atoms with Crippen molar-refractivity contribution in [2.24, 2.45) is 11.1 Å². The van der Waals surface area contributed by atoms with Gasteiger partial charge in [-0.25, -0.2) is 0 Å². The van der Waals surface area contributed by atoms with Gasteiger partial charge in [-0.15, -0.1) is 0 Å². The van der Waals surface area contributed by atoms with E-state index < -0.39 is 0 Å². The molecule has 1 aromatic carbocycles. The van der Waals surface area contributed by atoms with Crippen molar-refractivity contribution in [3.05, 3.63) is 23.8 Å². The fraction of sp³-hybridized carbons (Fsp3) is 0.588. The third-order valence-electron chi connectivity index (χ3n) is 3.39. The molecule has 0 heterocycles. The Morgan fingerprint density at radius 3 is 2.27 bits per heavy atom. The first-order chi connectivity index (χ1) is 10.3. The van der Waals surface area contributed by atoms with Crippen LogP contribution in [0, 0.1) is 5.41 Å². The molecule has 1 aromatic rings. The van der Waals surface area contributed by atoms with Gasteiger partial charge in [0.2, 0.25) is 0 Å². The molecule has 0 spiro atoms. The van der Waals surface area contributed by atoms with Crippen LogP contribution in [0.1, 0.15) is 45.0 Å². The van der Waals surface area contributed by atoms with Gasteiger partial charge in [0.1, 0.15) is 0 Å². The van der Waals surface area contributed by atoms with E-state index in [1.807, 2.05) is 13.8 Å². The van der Waals surface area contributed by atoms with Gasteiger partial charge in [0, 0.05) is 18.2 Å². The molecule has 0 aromatic heterocycles. The second-order valence-corrected chi connectivity index (χ2v) is 6.16. The van der Waals surface area contributed by atoms with Gasteiger partial charge in [0.25, 0.3) is 5.91 Å². The zero-order chi connectivity index (χ0) is 16.8. The van der Waals surface area contributed by atoms with E-state index in [4.69, 9.17) is 15.2 Å². The maximum atomic E-state index is 12.4. The quantitative estimate of drug-likeness (QED) is 0.812. The summed E-state index contributed by atoms with van der Waals surface area (Å²) < 4.78 is 11.1. The van der Waals surface area contributed by atoms with Crippen LogP contribution in [0.3, 0.4) is 0 Å². The molecular weight excluding hydrogens is 280 g/mol. The Hall–Kier alpha value is -1.75. The lowest BCUT2D eigenvalue weighted by molar-refractivity contribution is 0.0905. The molecule has 0 aliphatic carbocycles. The molecular formula is C17H28N2O3. The molecule has 1 amide bonds. The summed E-state index contributed by atoms with van der Waals surface area (Å²) >= 11 is 0. The average Bonchev–Trinajstić information content (AvgIpc) is 2.45. The lowest BCUT2D eigenvalue weighted by atomic mass is 9.86. The lowest BCUT2D eigenvalue weighted by Gasteiger charge is -2.30. The van der Waals surface area contributed by atoms with Gasteiger partial charge < -0.3 is 20.5 Å². The van der Waals surface area contributed by atoms with Gasteiger partial charge in [0.15, 0.2) is 11.5 Å². The Bertz CT molecular complexity index is 495. The van der Waals surface area contributed by atoms with Crippen LogP contribution in [0.5, 0.6) is 11.5 Å². The Morgan fingerprint density at radius 1 is 1.18 bits per heavy atom. The van der Waals surface area contributed by atoms with E-state index in [0.717, 1.165) is 0 Å². The van der Waals surface area contributed by atoms with Crippen LogP contribution >= 0.6 is 0 Å². The van der Waals surface area contributed by atoms with Crippen molar-refractivity contribution in [1.29, 1.82) is 0 Å². The zero-order valence-electron chi connectivity index (χ0n) is 14.2. The van der Waals surface area contributed by atoms with Crippen molar-refractivity contribution >= 4 is 5.91 Å². The van der Waals surface area contributed by atoms with Gasteiger partial charge >= 0.3 is 0 Å².